The Morgan fingerprint density at radius 1 is 1.11 bits per heavy atom. The minimum Gasteiger partial charge on any atom is -0.341 e. The SMILES string of the molecule is CN(Cc1cccc(Cl)c1Cl)C(=O)CCC(=O)N1CCSc2ccccc21. The van der Waals surface area contributed by atoms with E-state index in [1.54, 1.807) is 40.7 Å². The lowest BCUT2D eigenvalue weighted by Crippen LogP contribution is -2.36. The Hall–Kier alpha value is -1.69. The summed E-state index contributed by atoms with van der Waals surface area (Å²) in [4.78, 5) is 29.6. The molecule has 1 heterocycles. The Morgan fingerprint density at radius 3 is 2.70 bits per heavy atom. The van der Waals surface area contributed by atoms with Gasteiger partial charge in [-0.2, -0.15) is 0 Å². The third-order valence-corrected chi connectivity index (χ3v) is 6.35. The molecule has 0 radical (unpaired) electrons. The molecule has 27 heavy (non-hydrogen) atoms. The summed E-state index contributed by atoms with van der Waals surface area (Å²) in [6.07, 6.45) is 0.352. The lowest BCUT2D eigenvalue weighted by atomic mass is 10.2. The van der Waals surface area contributed by atoms with E-state index >= 15 is 0 Å². The van der Waals surface area contributed by atoms with Gasteiger partial charge in [0, 0.05) is 43.6 Å². The zero-order valence-corrected chi connectivity index (χ0v) is 17.3. The molecule has 4 nitrogen and oxygen atoms in total. The summed E-state index contributed by atoms with van der Waals surface area (Å²) in [5, 5.41) is 0.921. The Balaban J connectivity index is 1.57. The van der Waals surface area contributed by atoms with Crippen molar-refractivity contribution in [1.82, 2.24) is 4.90 Å². The van der Waals surface area contributed by atoms with Crippen molar-refractivity contribution in [3.63, 3.8) is 0 Å². The van der Waals surface area contributed by atoms with E-state index in [1.165, 1.54) is 0 Å². The van der Waals surface area contributed by atoms with Crippen molar-refractivity contribution in [2.24, 2.45) is 0 Å². The molecule has 1 aliphatic heterocycles. The van der Waals surface area contributed by atoms with E-state index in [2.05, 4.69) is 0 Å². The summed E-state index contributed by atoms with van der Waals surface area (Å²) < 4.78 is 0. The van der Waals surface area contributed by atoms with Crippen LogP contribution >= 0.6 is 35.0 Å². The van der Waals surface area contributed by atoms with Crippen molar-refractivity contribution in [3.05, 3.63) is 58.1 Å². The highest BCUT2D eigenvalue weighted by molar-refractivity contribution is 7.99. The molecule has 2 aromatic rings. The van der Waals surface area contributed by atoms with Gasteiger partial charge in [-0.05, 0) is 23.8 Å². The van der Waals surface area contributed by atoms with Crippen molar-refractivity contribution < 1.29 is 9.59 Å². The predicted octanol–water partition coefficient (Wildman–Crippen LogP) is 4.87. The standard InChI is InChI=1S/C20H20Cl2N2O2S/c1-23(13-14-5-4-6-15(21)20(14)22)18(25)9-10-19(26)24-11-12-27-17-8-3-2-7-16(17)24/h2-8H,9-13H2,1H3. The van der Waals surface area contributed by atoms with E-state index in [4.69, 9.17) is 23.2 Å². The van der Waals surface area contributed by atoms with Crippen LogP contribution in [0.25, 0.3) is 0 Å². The number of para-hydroxylation sites is 1. The van der Waals surface area contributed by atoms with Crippen molar-refractivity contribution in [3.8, 4) is 0 Å². The van der Waals surface area contributed by atoms with Gasteiger partial charge in [-0.3, -0.25) is 9.59 Å². The molecular formula is C20H20Cl2N2O2S. The van der Waals surface area contributed by atoms with Crippen LogP contribution in [0.15, 0.2) is 47.4 Å². The lowest BCUT2D eigenvalue weighted by Gasteiger charge is -2.29. The van der Waals surface area contributed by atoms with E-state index in [1.807, 2.05) is 30.3 Å². The van der Waals surface area contributed by atoms with E-state index in [-0.39, 0.29) is 24.7 Å². The Morgan fingerprint density at radius 2 is 1.89 bits per heavy atom. The molecule has 2 amide bonds. The highest BCUT2D eigenvalue weighted by atomic mass is 35.5. The number of halogens is 2. The number of thioether (sulfide) groups is 1. The maximum absolute atomic E-state index is 12.7. The number of carbonyl (C=O) groups excluding carboxylic acids is 2. The van der Waals surface area contributed by atoms with E-state index in [9.17, 15) is 9.59 Å². The van der Waals surface area contributed by atoms with Crippen molar-refractivity contribution in [2.45, 2.75) is 24.3 Å². The first-order valence-corrected chi connectivity index (χ1v) is 10.4. The van der Waals surface area contributed by atoms with Crippen LogP contribution in [0.2, 0.25) is 10.0 Å². The number of fused-ring (bicyclic) bond motifs is 1. The Labute approximate surface area is 173 Å². The zero-order chi connectivity index (χ0) is 19.4. The Kier molecular flexibility index (Phi) is 6.68. The second-order valence-corrected chi connectivity index (χ2v) is 8.25. The molecule has 0 atom stereocenters. The molecule has 1 aliphatic rings. The van der Waals surface area contributed by atoms with Crippen LogP contribution in [0.4, 0.5) is 5.69 Å². The topological polar surface area (TPSA) is 40.6 Å². The molecule has 0 aliphatic carbocycles. The van der Waals surface area contributed by atoms with Gasteiger partial charge >= 0.3 is 0 Å². The number of nitrogens with zero attached hydrogens (tertiary/aromatic N) is 2. The first kappa shape index (κ1) is 20.1. The molecule has 7 heteroatoms. The fraction of sp³-hybridized carbons (Fsp3) is 0.300. The number of hydrogen-bond acceptors (Lipinski definition) is 3. The van der Waals surface area contributed by atoms with Gasteiger partial charge in [0.2, 0.25) is 11.8 Å². The number of hydrogen-bond donors (Lipinski definition) is 0. The summed E-state index contributed by atoms with van der Waals surface area (Å²) in [5.74, 6) is 0.744. The minimum atomic E-state index is -0.0981. The van der Waals surface area contributed by atoms with Crippen LogP contribution in [-0.2, 0) is 16.1 Å². The van der Waals surface area contributed by atoms with Crippen LogP contribution < -0.4 is 4.90 Å². The molecule has 0 fully saturated rings. The number of benzene rings is 2. The van der Waals surface area contributed by atoms with Gasteiger partial charge in [-0.1, -0.05) is 47.5 Å². The highest BCUT2D eigenvalue weighted by Crippen LogP contribution is 2.34. The van der Waals surface area contributed by atoms with Gasteiger partial charge in [0.05, 0.1) is 15.7 Å². The Bertz CT molecular complexity index is 860. The molecule has 0 saturated heterocycles. The summed E-state index contributed by atoms with van der Waals surface area (Å²) in [6.45, 7) is 1.03. The summed E-state index contributed by atoms with van der Waals surface area (Å²) in [6, 6.07) is 13.2. The molecule has 142 valence electrons. The monoisotopic (exact) mass is 422 g/mol. The molecule has 2 aromatic carbocycles. The molecule has 0 saturated carbocycles. The largest absolute Gasteiger partial charge is 0.341 e. The highest BCUT2D eigenvalue weighted by Gasteiger charge is 2.23. The van der Waals surface area contributed by atoms with Gasteiger partial charge in [0.1, 0.15) is 0 Å². The minimum absolute atomic E-state index is 0.0229. The number of carbonyl (C=O) groups is 2. The maximum Gasteiger partial charge on any atom is 0.227 e. The predicted molar refractivity (Wildman–Crippen MR) is 112 cm³/mol. The van der Waals surface area contributed by atoms with Crippen LogP contribution in [0.3, 0.4) is 0 Å². The number of rotatable bonds is 5. The van der Waals surface area contributed by atoms with Crippen LogP contribution in [0.5, 0.6) is 0 Å². The first-order valence-electron chi connectivity index (χ1n) is 8.66. The smallest absolute Gasteiger partial charge is 0.227 e. The number of amides is 2. The normalized spacial score (nSPS) is 13.2. The quantitative estimate of drug-likeness (QED) is 0.689. The summed E-state index contributed by atoms with van der Waals surface area (Å²) in [7, 11) is 1.71. The first-order chi connectivity index (χ1) is 13.0. The average Bonchev–Trinajstić information content (AvgIpc) is 2.68. The second-order valence-electron chi connectivity index (χ2n) is 6.32. The fourth-order valence-electron chi connectivity index (χ4n) is 2.98. The third-order valence-electron chi connectivity index (χ3n) is 4.45. The average molecular weight is 423 g/mol. The second kappa shape index (κ2) is 9.00. The van der Waals surface area contributed by atoms with Crippen LogP contribution in [0.1, 0.15) is 18.4 Å². The number of anilines is 1. The molecule has 0 bridgehead atoms. The van der Waals surface area contributed by atoms with Crippen molar-refractivity contribution >= 4 is 52.5 Å². The van der Waals surface area contributed by atoms with Gasteiger partial charge in [-0.15, -0.1) is 11.8 Å². The van der Waals surface area contributed by atoms with Crippen molar-refractivity contribution in [1.29, 1.82) is 0 Å². The zero-order valence-electron chi connectivity index (χ0n) is 15.0. The molecule has 0 unspecified atom stereocenters. The van der Waals surface area contributed by atoms with Crippen LogP contribution in [-0.4, -0.2) is 36.1 Å². The lowest BCUT2D eigenvalue weighted by molar-refractivity contribution is -0.132. The van der Waals surface area contributed by atoms with Gasteiger partial charge in [0.15, 0.2) is 0 Å². The van der Waals surface area contributed by atoms with Gasteiger partial charge < -0.3 is 9.80 Å². The molecule has 0 spiro atoms. The molecule has 0 aromatic heterocycles. The van der Waals surface area contributed by atoms with E-state index < -0.39 is 0 Å². The third kappa shape index (κ3) is 4.78. The summed E-state index contributed by atoms with van der Waals surface area (Å²) in [5.41, 5.74) is 1.72. The fourth-order valence-corrected chi connectivity index (χ4v) is 4.36. The molecule has 0 N–H and O–H groups in total. The van der Waals surface area contributed by atoms with E-state index in [0.717, 1.165) is 21.9 Å². The van der Waals surface area contributed by atoms with Gasteiger partial charge in [0.25, 0.3) is 0 Å². The van der Waals surface area contributed by atoms with Gasteiger partial charge in [-0.25, -0.2) is 0 Å². The van der Waals surface area contributed by atoms with Crippen molar-refractivity contribution in [2.75, 3.05) is 24.2 Å². The van der Waals surface area contributed by atoms with E-state index in [0.29, 0.717) is 23.1 Å². The summed E-state index contributed by atoms with van der Waals surface area (Å²) >= 11 is 14.0. The maximum atomic E-state index is 12.7. The van der Waals surface area contributed by atoms with Crippen LogP contribution in [0, 0.1) is 0 Å². The molecule has 3 rings (SSSR count). The molecular weight excluding hydrogens is 403 g/mol.